The van der Waals surface area contributed by atoms with Gasteiger partial charge in [-0.05, 0) is 24.3 Å². The zero-order valence-electron chi connectivity index (χ0n) is 15.1. The molecule has 1 heterocycles. The third kappa shape index (κ3) is 3.37. The lowest BCUT2D eigenvalue weighted by Crippen LogP contribution is -1.98. The molecule has 3 rings (SSSR count). The van der Waals surface area contributed by atoms with Crippen LogP contribution in [0.3, 0.4) is 0 Å². The van der Waals surface area contributed by atoms with Gasteiger partial charge in [-0.3, -0.25) is 5.10 Å². The van der Waals surface area contributed by atoms with Crippen molar-refractivity contribution in [3.05, 3.63) is 42.6 Å². The number of nitrogens with one attached hydrogen (secondary N) is 2. The van der Waals surface area contributed by atoms with Crippen molar-refractivity contribution in [2.24, 2.45) is 0 Å². The van der Waals surface area contributed by atoms with Gasteiger partial charge in [0.15, 0.2) is 11.5 Å². The topological polar surface area (TPSA) is 77.6 Å². The molecule has 0 aliphatic heterocycles. The molecule has 7 nitrogen and oxygen atoms in total. The van der Waals surface area contributed by atoms with Crippen LogP contribution in [0.4, 0.5) is 11.4 Å². The van der Waals surface area contributed by atoms with Crippen molar-refractivity contribution in [1.82, 2.24) is 10.2 Å². The van der Waals surface area contributed by atoms with Gasteiger partial charge in [-0.1, -0.05) is 0 Å². The summed E-state index contributed by atoms with van der Waals surface area (Å²) in [4.78, 5) is 0. The van der Waals surface area contributed by atoms with Gasteiger partial charge in [0, 0.05) is 23.4 Å². The third-order valence-corrected chi connectivity index (χ3v) is 3.96. The number of methoxy groups -OCH3 is 4. The summed E-state index contributed by atoms with van der Waals surface area (Å²) in [5.41, 5.74) is 3.46. The highest BCUT2D eigenvalue weighted by atomic mass is 16.5. The van der Waals surface area contributed by atoms with E-state index >= 15 is 0 Å². The van der Waals surface area contributed by atoms with Crippen molar-refractivity contribution in [3.8, 4) is 34.3 Å². The molecule has 0 aliphatic carbocycles. The van der Waals surface area contributed by atoms with Crippen LogP contribution in [-0.4, -0.2) is 38.6 Å². The number of anilines is 2. The Morgan fingerprint density at radius 3 is 2.04 bits per heavy atom. The van der Waals surface area contributed by atoms with Crippen LogP contribution in [0, 0.1) is 0 Å². The van der Waals surface area contributed by atoms with E-state index < -0.39 is 0 Å². The van der Waals surface area contributed by atoms with Crippen LogP contribution in [0.2, 0.25) is 0 Å². The summed E-state index contributed by atoms with van der Waals surface area (Å²) in [5.74, 6) is 2.49. The second-order valence-corrected chi connectivity index (χ2v) is 5.43. The Hall–Kier alpha value is -3.35. The Morgan fingerprint density at radius 1 is 0.846 bits per heavy atom. The second kappa shape index (κ2) is 7.69. The summed E-state index contributed by atoms with van der Waals surface area (Å²) in [5, 5.41) is 10.5. The van der Waals surface area contributed by atoms with Crippen LogP contribution in [-0.2, 0) is 0 Å². The number of aromatic nitrogens is 2. The number of benzene rings is 2. The zero-order valence-corrected chi connectivity index (χ0v) is 15.1. The zero-order chi connectivity index (χ0) is 18.5. The quantitative estimate of drug-likeness (QED) is 0.670. The smallest absolute Gasteiger partial charge is 0.203 e. The molecule has 0 saturated heterocycles. The van der Waals surface area contributed by atoms with Gasteiger partial charge in [0.1, 0.15) is 5.75 Å². The summed E-state index contributed by atoms with van der Waals surface area (Å²) < 4.78 is 21.4. The number of nitrogens with zero attached hydrogens (tertiary/aromatic N) is 1. The highest BCUT2D eigenvalue weighted by Crippen LogP contribution is 2.41. The first kappa shape index (κ1) is 17.5. The first-order chi connectivity index (χ1) is 12.7. The molecule has 0 aliphatic rings. The molecule has 0 spiro atoms. The van der Waals surface area contributed by atoms with Gasteiger partial charge in [-0.25, -0.2) is 0 Å². The van der Waals surface area contributed by atoms with Gasteiger partial charge in [-0.2, -0.15) is 5.10 Å². The third-order valence-electron chi connectivity index (χ3n) is 3.96. The first-order valence-corrected chi connectivity index (χ1v) is 7.95. The summed E-state index contributed by atoms with van der Waals surface area (Å²) >= 11 is 0. The fourth-order valence-electron chi connectivity index (χ4n) is 2.67. The monoisotopic (exact) mass is 355 g/mol. The number of hydrogen-bond acceptors (Lipinski definition) is 6. The Morgan fingerprint density at radius 2 is 1.50 bits per heavy atom. The Bertz CT molecular complexity index is 850. The van der Waals surface area contributed by atoms with Gasteiger partial charge in [0.05, 0.1) is 46.0 Å². The Balaban J connectivity index is 1.94. The SMILES string of the molecule is COc1ccc(-c2[nH]ncc2Nc2cc(OC)c(OC)c(OC)c2)cc1. The maximum absolute atomic E-state index is 5.40. The number of aromatic amines is 1. The lowest BCUT2D eigenvalue weighted by molar-refractivity contribution is 0.324. The molecule has 136 valence electrons. The lowest BCUT2D eigenvalue weighted by atomic mass is 10.1. The van der Waals surface area contributed by atoms with E-state index in [0.717, 1.165) is 28.4 Å². The van der Waals surface area contributed by atoms with Crippen LogP contribution in [0.15, 0.2) is 42.6 Å². The van der Waals surface area contributed by atoms with Gasteiger partial charge >= 0.3 is 0 Å². The normalized spacial score (nSPS) is 10.3. The maximum atomic E-state index is 5.40. The predicted molar refractivity (Wildman–Crippen MR) is 100.0 cm³/mol. The molecule has 0 atom stereocenters. The van der Waals surface area contributed by atoms with Crippen molar-refractivity contribution < 1.29 is 18.9 Å². The maximum Gasteiger partial charge on any atom is 0.203 e. The minimum absolute atomic E-state index is 0.545. The van der Waals surface area contributed by atoms with E-state index in [-0.39, 0.29) is 0 Å². The van der Waals surface area contributed by atoms with Gasteiger partial charge in [-0.15, -0.1) is 0 Å². The van der Waals surface area contributed by atoms with Crippen molar-refractivity contribution in [3.63, 3.8) is 0 Å². The molecule has 1 aromatic heterocycles. The predicted octanol–water partition coefficient (Wildman–Crippen LogP) is 3.85. The van der Waals surface area contributed by atoms with Crippen LogP contribution in [0.1, 0.15) is 0 Å². The highest BCUT2D eigenvalue weighted by molar-refractivity contribution is 5.79. The van der Waals surface area contributed by atoms with E-state index in [1.165, 1.54) is 0 Å². The van der Waals surface area contributed by atoms with Gasteiger partial charge < -0.3 is 24.3 Å². The molecule has 0 radical (unpaired) electrons. The molecule has 3 aromatic rings. The summed E-state index contributed by atoms with van der Waals surface area (Å²) in [6.45, 7) is 0. The van der Waals surface area contributed by atoms with E-state index in [0.29, 0.717) is 17.2 Å². The Labute approximate surface area is 151 Å². The molecule has 0 unspecified atom stereocenters. The van der Waals surface area contributed by atoms with E-state index in [4.69, 9.17) is 18.9 Å². The van der Waals surface area contributed by atoms with Gasteiger partial charge in [0.2, 0.25) is 5.75 Å². The average molecular weight is 355 g/mol. The fourth-order valence-corrected chi connectivity index (χ4v) is 2.67. The molecular weight excluding hydrogens is 334 g/mol. The number of hydrogen-bond donors (Lipinski definition) is 2. The standard InChI is InChI=1S/C19H21N3O4/c1-23-14-7-5-12(6-8-14)18-15(11-20-22-18)21-13-9-16(24-2)19(26-4)17(10-13)25-3/h5-11,21H,1-4H3,(H,20,22). The van der Waals surface area contributed by atoms with Crippen molar-refractivity contribution in [1.29, 1.82) is 0 Å². The van der Waals surface area contributed by atoms with Crippen molar-refractivity contribution in [2.75, 3.05) is 33.8 Å². The van der Waals surface area contributed by atoms with Crippen LogP contribution in [0.5, 0.6) is 23.0 Å². The molecule has 26 heavy (non-hydrogen) atoms. The molecular formula is C19H21N3O4. The summed E-state index contributed by atoms with van der Waals surface area (Å²) in [6, 6.07) is 11.4. The second-order valence-electron chi connectivity index (χ2n) is 5.43. The molecule has 7 heteroatoms. The molecule has 0 bridgehead atoms. The number of ether oxygens (including phenoxy) is 4. The molecule has 2 aromatic carbocycles. The van der Waals surface area contributed by atoms with E-state index in [1.54, 1.807) is 34.6 Å². The first-order valence-electron chi connectivity index (χ1n) is 7.95. The van der Waals surface area contributed by atoms with Crippen LogP contribution >= 0.6 is 0 Å². The number of H-pyrrole nitrogens is 1. The minimum Gasteiger partial charge on any atom is -0.497 e. The Kier molecular flexibility index (Phi) is 5.17. The largest absolute Gasteiger partial charge is 0.497 e. The van der Waals surface area contributed by atoms with Crippen molar-refractivity contribution >= 4 is 11.4 Å². The molecule has 0 saturated carbocycles. The minimum atomic E-state index is 0.545. The highest BCUT2D eigenvalue weighted by Gasteiger charge is 2.15. The van der Waals surface area contributed by atoms with E-state index in [2.05, 4.69) is 15.5 Å². The lowest BCUT2D eigenvalue weighted by Gasteiger charge is -2.15. The number of rotatable bonds is 7. The average Bonchev–Trinajstić information content (AvgIpc) is 3.15. The van der Waals surface area contributed by atoms with Gasteiger partial charge in [0.25, 0.3) is 0 Å². The molecule has 0 fully saturated rings. The fraction of sp³-hybridized carbons (Fsp3) is 0.211. The van der Waals surface area contributed by atoms with E-state index in [1.807, 2.05) is 36.4 Å². The van der Waals surface area contributed by atoms with Crippen molar-refractivity contribution in [2.45, 2.75) is 0 Å². The molecule has 2 N–H and O–H groups in total. The molecule has 0 amide bonds. The van der Waals surface area contributed by atoms with Crippen LogP contribution in [0.25, 0.3) is 11.3 Å². The van der Waals surface area contributed by atoms with E-state index in [9.17, 15) is 0 Å². The van der Waals surface area contributed by atoms with Crippen LogP contribution < -0.4 is 24.3 Å². The summed E-state index contributed by atoms with van der Waals surface area (Å²) in [6.07, 6.45) is 1.72. The summed E-state index contributed by atoms with van der Waals surface area (Å²) in [7, 11) is 6.39.